The number of benzene rings is 1. The summed E-state index contributed by atoms with van der Waals surface area (Å²) in [5.74, 6) is 2.56. The molecule has 0 aliphatic carbocycles. The van der Waals surface area contributed by atoms with Crippen LogP contribution < -0.4 is 4.74 Å². The van der Waals surface area contributed by atoms with E-state index in [-0.39, 0.29) is 5.92 Å². The molecule has 0 spiro atoms. The summed E-state index contributed by atoms with van der Waals surface area (Å²) in [6, 6.07) is 7.86. The number of methoxy groups -OCH3 is 1. The van der Waals surface area contributed by atoms with Crippen LogP contribution in [0.3, 0.4) is 0 Å². The minimum absolute atomic E-state index is 0.150. The minimum atomic E-state index is 0.150. The second-order valence-electron chi connectivity index (χ2n) is 8.85. The van der Waals surface area contributed by atoms with E-state index in [0.29, 0.717) is 35.6 Å². The van der Waals surface area contributed by atoms with Crippen molar-refractivity contribution in [1.29, 1.82) is 0 Å². The van der Waals surface area contributed by atoms with E-state index in [4.69, 9.17) is 21.4 Å². The molecule has 31 heavy (non-hydrogen) atoms. The van der Waals surface area contributed by atoms with Crippen LogP contribution in [0.5, 0.6) is 5.75 Å². The Kier molecular flexibility index (Phi) is 7.07. The first-order chi connectivity index (χ1) is 15.0. The zero-order valence-electron chi connectivity index (χ0n) is 18.5. The van der Waals surface area contributed by atoms with Crippen LogP contribution in [-0.4, -0.2) is 58.8 Å². The van der Waals surface area contributed by atoms with Gasteiger partial charge >= 0.3 is 0 Å². The van der Waals surface area contributed by atoms with Crippen molar-refractivity contribution in [3.63, 3.8) is 0 Å². The lowest BCUT2D eigenvalue weighted by Crippen LogP contribution is -2.46. The minimum Gasteiger partial charge on any atom is -0.497 e. The molecular formula is C23H32N4O3S. The number of hydrogen-bond donors (Lipinski definition) is 0. The topological polar surface area (TPSA) is 63.7 Å². The highest BCUT2D eigenvalue weighted by Crippen LogP contribution is 2.24. The molecule has 2 aliphatic rings. The summed E-state index contributed by atoms with van der Waals surface area (Å²) in [6.45, 7) is 6.45. The van der Waals surface area contributed by atoms with Crippen molar-refractivity contribution in [1.82, 2.24) is 19.6 Å². The van der Waals surface area contributed by atoms with E-state index in [9.17, 15) is 4.79 Å². The lowest BCUT2D eigenvalue weighted by molar-refractivity contribution is -0.139. The van der Waals surface area contributed by atoms with E-state index in [1.54, 1.807) is 11.8 Å². The Morgan fingerprint density at radius 2 is 1.94 bits per heavy atom. The van der Waals surface area contributed by atoms with Crippen molar-refractivity contribution < 1.29 is 13.9 Å². The molecule has 2 aromatic rings. The summed E-state index contributed by atoms with van der Waals surface area (Å²) in [5, 5.41) is 4.58. The number of piperidine rings is 2. The largest absolute Gasteiger partial charge is 0.497 e. The second kappa shape index (κ2) is 9.96. The van der Waals surface area contributed by atoms with Gasteiger partial charge in [-0.05, 0) is 61.5 Å². The number of rotatable bonds is 6. The molecule has 2 saturated heterocycles. The molecule has 1 unspecified atom stereocenters. The van der Waals surface area contributed by atoms with Crippen molar-refractivity contribution >= 4 is 18.1 Å². The van der Waals surface area contributed by atoms with Gasteiger partial charge in [0, 0.05) is 32.1 Å². The van der Waals surface area contributed by atoms with Crippen LogP contribution in [0.15, 0.2) is 28.7 Å². The monoisotopic (exact) mass is 444 g/mol. The third-order valence-corrected chi connectivity index (χ3v) is 6.70. The highest BCUT2D eigenvalue weighted by molar-refractivity contribution is 7.71. The van der Waals surface area contributed by atoms with Gasteiger partial charge in [-0.1, -0.05) is 19.1 Å². The van der Waals surface area contributed by atoms with Gasteiger partial charge in [0.15, 0.2) is 0 Å². The van der Waals surface area contributed by atoms with Gasteiger partial charge in [-0.25, -0.2) is 4.68 Å². The lowest BCUT2D eigenvalue weighted by Gasteiger charge is -2.37. The molecule has 8 heteroatoms. The summed E-state index contributed by atoms with van der Waals surface area (Å²) >= 11 is 5.38. The first-order valence-electron chi connectivity index (χ1n) is 11.2. The maximum absolute atomic E-state index is 12.9. The van der Waals surface area contributed by atoms with Crippen molar-refractivity contribution in [3.8, 4) is 5.75 Å². The number of carbonyl (C=O) groups excluding carboxylic acids is 1. The third-order valence-electron chi connectivity index (χ3n) is 6.40. The van der Waals surface area contributed by atoms with Gasteiger partial charge in [-0.3, -0.25) is 9.69 Å². The number of carbonyl (C=O) groups is 1. The SMILES string of the molecule is COc1ccc(Cc2nn(CN3CCC(C(=O)N4CCCC(C)C4)CC3)c(=S)o2)cc1. The second-order valence-corrected chi connectivity index (χ2v) is 9.20. The molecule has 2 fully saturated rings. The van der Waals surface area contributed by atoms with Crippen LogP contribution >= 0.6 is 12.2 Å². The molecule has 3 heterocycles. The van der Waals surface area contributed by atoms with Crippen LogP contribution in [0.25, 0.3) is 0 Å². The highest BCUT2D eigenvalue weighted by atomic mass is 32.1. The molecule has 4 rings (SSSR count). The first-order valence-corrected chi connectivity index (χ1v) is 11.6. The molecule has 168 valence electrons. The standard InChI is InChI=1S/C23H32N4O3S/c1-17-4-3-11-26(15-17)22(28)19-9-12-25(13-10-19)16-27-23(31)30-21(24-27)14-18-5-7-20(29-2)8-6-18/h5-8,17,19H,3-4,9-16H2,1-2H3. The molecule has 2 aliphatic heterocycles. The molecule has 1 aromatic heterocycles. The van der Waals surface area contributed by atoms with Crippen LogP contribution in [0.2, 0.25) is 0 Å². The fraction of sp³-hybridized carbons (Fsp3) is 0.609. The Bertz CT molecular complexity index is 931. The summed E-state index contributed by atoms with van der Waals surface area (Å²) in [7, 11) is 1.66. The van der Waals surface area contributed by atoms with Crippen LogP contribution in [-0.2, 0) is 17.9 Å². The molecule has 0 saturated carbocycles. The molecule has 0 bridgehead atoms. The molecule has 0 radical (unpaired) electrons. The summed E-state index contributed by atoms with van der Waals surface area (Å²) < 4.78 is 12.7. The summed E-state index contributed by atoms with van der Waals surface area (Å²) in [5.41, 5.74) is 1.09. The van der Waals surface area contributed by atoms with Crippen molar-refractivity contribution in [2.75, 3.05) is 33.3 Å². The van der Waals surface area contributed by atoms with Crippen LogP contribution in [0.4, 0.5) is 0 Å². The number of likely N-dealkylation sites (tertiary alicyclic amines) is 2. The van der Waals surface area contributed by atoms with Gasteiger partial charge in [0.2, 0.25) is 11.8 Å². The zero-order valence-corrected chi connectivity index (χ0v) is 19.3. The molecule has 1 atom stereocenters. The quantitative estimate of drug-likeness (QED) is 0.633. The molecular weight excluding hydrogens is 412 g/mol. The van der Waals surface area contributed by atoms with Gasteiger partial charge in [0.25, 0.3) is 4.84 Å². The fourth-order valence-corrected chi connectivity index (χ4v) is 4.78. The van der Waals surface area contributed by atoms with Gasteiger partial charge in [0.05, 0.1) is 20.2 Å². The number of amides is 1. The van der Waals surface area contributed by atoms with E-state index in [0.717, 1.165) is 56.8 Å². The Morgan fingerprint density at radius 1 is 1.19 bits per heavy atom. The van der Waals surface area contributed by atoms with Crippen LogP contribution in [0, 0.1) is 16.7 Å². The number of aromatic nitrogens is 2. The predicted octanol–water partition coefficient (Wildman–Crippen LogP) is 3.73. The maximum atomic E-state index is 12.9. The summed E-state index contributed by atoms with van der Waals surface area (Å²) in [6.07, 6.45) is 4.75. The maximum Gasteiger partial charge on any atom is 0.288 e. The number of ether oxygens (including phenoxy) is 1. The predicted molar refractivity (Wildman–Crippen MR) is 120 cm³/mol. The van der Waals surface area contributed by atoms with Crippen molar-refractivity contribution in [2.45, 2.75) is 45.7 Å². The van der Waals surface area contributed by atoms with Gasteiger partial charge in [0.1, 0.15) is 5.75 Å². The average Bonchev–Trinajstić information content (AvgIpc) is 3.12. The van der Waals surface area contributed by atoms with E-state index in [1.165, 1.54) is 6.42 Å². The zero-order chi connectivity index (χ0) is 21.8. The van der Waals surface area contributed by atoms with E-state index in [2.05, 4.69) is 21.8 Å². The molecule has 0 N–H and O–H groups in total. The van der Waals surface area contributed by atoms with Crippen molar-refractivity contribution in [3.05, 3.63) is 40.6 Å². The average molecular weight is 445 g/mol. The summed E-state index contributed by atoms with van der Waals surface area (Å²) in [4.78, 5) is 17.7. The Hall–Kier alpha value is -2.19. The lowest BCUT2D eigenvalue weighted by atomic mass is 9.93. The van der Waals surface area contributed by atoms with E-state index in [1.807, 2.05) is 24.3 Å². The third kappa shape index (κ3) is 5.54. The highest BCUT2D eigenvalue weighted by Gasteiger charge is 2.30. The van der Waals surface area contributed by atoms with E-state index < -0.39 is 0 Å². The van der Waals surface area contributed by atoms with Gasteiger partial charge < -0.3 is 14.1 Å². The Balaban J connectivity index is 1.29. The molecule has 7 nitrogen and oxygen atoms in total. The molecule has 1 aromatic carbocycles. The smallest absolute Gasteiger partial charge is 0.288 e. The first kappa shape index (κ1) is 22.0. The number of hydrogen-bond acceptors (Lipinski definition) is 6. The van der Waals surface area contributed by atoms with Crippen LogP contribution in [0.1, 0.15) is 44.1 Å². The van der Waals surface area contributed by atoms with E-state index >= 15 is 0 Å². The van der Waals surface area contributed by atoms with Gasteiger partial charge in [-0.2, -0.15) is 0 Å². The molecule has 1 amide bonds. The van der Waals surface area contributed by atoms with Crippen molar-refractivity contribution in [2.24, 2.45) is 11.8 Å². The normalized spacial score (nSPS) is 20.7. The fourth-order valence-electron chi connectivity index (χ4n) is 4.59. The number of nitrogens with zero attached hydrogens (tertiary/aromatic N) is 4. The Labute approximate surface area is 189 Å². The Morgan fingerprint density at radius 3 is 2.61 bits per heavy atom. The van der Waals surface area contributed by atoms with Gasteiger partial charge in [-0.15, -0.1) is 5.10 Å².